The van der Waals surface area contributed by atoms with E-state index in [1.165, 1.54) is 0 Å². The fourth-order valence-electron chi connectivity index (χ4n) is 3.80. The van der Waals surface area contributed by atoms with Gasteiger partial charge in [0, 0.05) is 5.56 Å². The van der Waals surface area contributed by atoms with Crippen LogP contribution in [0.25, 0.3) is 11.1 Å². The first-order chi connectivity index (χ1) is 15.0. The van der Waals surface area contributed by atoms with Crippen LogP contribution in [0.5, 0.6) is 0 Å². The van der Waals surface area contributed by atoms with Crippen LogP contribution in [0, 0.1) is 17.6 Å². The van der Waals surface area contributed by atoms with Gasteiger partial charge in [-0.25, -0.2) is 13.6 Å². The van der Waals surface area contributed by atoms with Gasteiger partial charge in [0.25, 0.3) is 11.8 Å². The number of rotatable bonds is 5. The third-order valence-electron chi connectivity index (χ3n) is 5.61. The van der Waals surface area contributed by atoms with Gasteiger partial charge in [-0.1, -0.05) is 12.1 Å². The molecule has 32 heavy (non-hydrogen) atoms. The highest BCUT2D eigenvalue weighted by Gasteiger charge is 2.56. The van der Waals surface area contributed by atoms with E-state index < -0.39 is 52.3 Å². The number of urea groups is 1. The van der Waals surface area contributed by atoms with Crippen LogP contribution < -0.4 is 16.0 Å². The third kappa shape index (κ3) is 3.78. The van der Waals surface area contributed by atoms with Crippen molar-refractivity contribution in [3.8, 4) is 11.1 Å². The van der Waals surface area contributed by atoms with Gasteiger partial charge in [0.15, 0.2) is 11.6 Å². The van der Waals surface area contributed by atoms with Crippen molar-refractivity contribution in [2.24, 2.45) is 5.92 Å². The molecule has 2 fully saturated rings. The summed E-state index contributed by atoms with van der Waals surface area (Å²) in [4.78, 5) is 36.7. The topological polar surface area (TPSA) is 87.3 Å². The average molecular weight is 453 g/mol. The van der Waals surface area contributed by atoms with E-state index in [9.17, 15) is 36.3 Å². The Labute approximate surface area is 178 Å². The summed E-state index contributed by atoms with van der Waals surface area (Å²) in [6, 6.07) is 4.29. The van der Waals surface area contributed by atoms with Crippen molar-refractivity contribution in [1.29, 1.82) is 0 Å². The number of hydrogen-bond acceptors (Lipinski definition) is 3. The molecule has 168 valence electrons. The lowest BCUT2D eigenvalue weighted by Gasteiger charge is -2.26. The Balaban J connectivity index is 1.64. The molecule has 1 saturated carbocycles. The van der Waals surface area contributed by atoms with E-state index in [1.807, 2.05) is 0 Å². The molecule has 1 aliphatic heterocycles. The molecular formula is C21H16F5N3O3. The lowest BCUT2D eigenvalue weighted by molar-refractivity contribution is -0.137. The second-order valence-electron chi connectivity index (χ2n) is 7.70. The van der Waals surface area contributed by atoms with Gasteiger partial charge in [0.05, 0.1) is 17.7 Å². The van der Waals surface area contributed by atoms with E-state index in [-0.39, 0.29) is 23.6 Å². The van der Waals surface area contributed by atoms with Crippen molar-refractivity contribution >= 4 is 17.8 Å². The fourth-order valence-corrected chi connectivity index (χ4v) is 3.80. The first-order valence-corrected chi connectivity index (χ1v) is 9.60. The van der Waals surface area contributed by atoms with Crippen LogP contribution in [0.1, 0.15) is 28.8 Å². The molecule has 0 radical (unpaired) electrons. The summed E-state index contributed by atoms with van der Waals surface area (Å²) in [6.07, 6.45) is -3.31. The van der Waals surface area contributed by atoms with E-state index in [2.05, 4.69) is 16.0 Å². The molecule has 0 unspecified atom stereocenters. The third-order valence-corrected chi connectivity index (χ3v) is 5.61. The molecule has 2 aromatic rings. The van der Waals surface area contributed by atoms with Gasteiger partial charge in [0.2, 0.25) is 0 Å². The molecule has 1 atom stereocenters. The van der Waals surface area contributed by atoms with Crippen molar-refractivity contribution in [2.45, 2.75) is 24.6 Å². The Morgan fingerprint density at radius 3 is 2.25 bits per heavy atom. The lowest BCUT2D eigenvalue weighted by atomic mass is 9.92. The summed E-state index contributed by atoms with van der Waals surface area (Å²) in [5, 5.41) is 7.10. The summed E-state index contributed by atoms with van der Waals surface area (Å²) in [6.45, 7) is -0.292. The maximum atomic E-state index is 14.6. The normalized spacial score (nSPS) is 20.7. The van der Waals surface area contributed by atoms with Crippen molar-refractivity contribution < 1.29 is 36.3 Å². The maximum absolute atomic E-state index is 14.6. The van der Waals surface area contributed by atoms with Crippen LogP contribution in [0.15, 0.2) is 36.4 Å². The van der Waals surface area contributed by atoms with E-state index in [0.29, 0.717) is 25.0 Å². The molecule has 4 rings (SSSR count). The summed E-state index contributed by atoms with van der Waals surface area (Å²) in [5.74, 6) is -4.35. The smallest absolute Gasteiger partial charge is 0.349 e. The summed E-state index contributed by atoms with van der Waals surface area (Å²) in [7, 11) is 0. The number of amides is 4. The van der Waals surface area contributed by atoms with Gasteiger partial charge in [-0.05, 0) is 48.6 Å². The monoisotopic (exact) mass is 453 g/mol. The lowest BCUT2D eigenvalue weighted by Crippen LogP contribution is -2.57. The van der Waals surface area contributed by atoms with Crippen molar-refractivity contribution in [3.63, 3.8) is 0 Å². The van der Waals surface area contributed by atoms with Gasteiger partial charge in [0.1, 0.15) is 5.54 Å². The number of alkyl halides is 3. The van der Waals surface area contributed by atoms with Crippen LogP contribution in [0.2, 0.25) is 0 Å². The molecule has 11 heteroatoms. The minimum atomic E-state index is -4.62. The van der Waals surface area contributed by atoms with E-state index in [1.54, 1.807) is 0 Å². The predicted molar refractivity (Wildman–Crippen MR) is 101 cm³/mol. The molecule has 0 spiro atoms. The number of carbonyl (C=O) groups excluding carboxylic acids is 3. The van der Waals surface area contributed by atoms with Crippen LogP contribution >= 0.6 is 0 Å². The number of benzene rings is 2. The molecule has 2 aromatic carbocycles. The van der Waals surface area contributed by atoms with Crippen molar-refractivity contribution in [3.05, 3.63) is 59.2 Å². The Hall–Kier alpha value is -3.50. The summed E-state index contributed by atoms with van der Waals surface area (Å²) >= 11 is 0. The standard InChI is InChI=1S/C21H16F5N3O3/c22-14-8-7-13(15(16(14)23)10-1-3-12(4-2-10)21(24,25)26)17(30)27-9-20(11-5-6-11)18(31)28-19(32)29-20/h1-4,7-8,11H,5-6,9H2,(H,27,30)(H2,28,29,31,32)/t20-/m0/s1. The molecule has 1 saturated heterocycles. The average Bonchev–Trinajstić information content (AvgIpc) is 3.53. The Morgan fingerprint density at radius 2 is 1.72 bits per heavy atom. The molecule has 0 aromatic heterocycles. The van der Waals surface area contributed by atoms with Crippen LogP contribution in [0.3, 0.4) is 0 Å². The van der Waals surface area contributed by atoms with Gasteiger partial charge >= 0.3 is 12.2 Å². The second-order valence-corrected chi connectivity index (χ2v) is 7.70. The fraction of sp³-hybridized carbons (Fsp3) is 0.286. The number of imide groups is 1. The number of nitrogens with one attached hydrogen (secondary N) is 3. The molecule has 1 aliphatic carbocycles. The largest absolute Gasteiger partial charge is 0.416 e. The van der Waals surface area contributed by atoms with Crippen LogP contribution in [-0.2, 0) is 11.0 Å². The maximum Gasteiger partial charge on any atom is 0.416 e. The molecule has 3 N–H and O–H groups in total. The van der Waals surface area contributed by atoms with E-state index >= 15 is 0 Å². The minimum Gasteiger partial charge on any atom is -0.349 e. The predicted octanol–water partition coefficient (Wildman–Crippen LogP) is 3.37. The molecular weight excluding hydrogens is 437 g/mol. The Kier molecular flexibility index (Phi) is 5.14. The van der Waals surface area contributed by atoms with Crippen molar-refractivity contribution in [2.75, 3.05) is 6.54 Å². The highest BCUT2D eigenvalue weighted by molar-refractivity contribution is 6.08. The summed E-state index contributed by atoms with van der Waals surface area (Å²) in [5.41, 5.74) is -3.32. The highest BCUT2D eigenvalue weighted by Crippen LogP contribution is 2.41. The molecule has 4 amide bonds. The number of carbonyl (C=O) groups is 3. The van der Waals surface area contributed by atoms with Crippen molar-refractivity contribution in [1.82, 2.24) is 16.0 Å². The van der Waals surface area contributed by atoms with E-state index in [0.717, 1.165) is 24.3 Å². The summed E-state index contributed by atoms with van der Waals surface area (Å²) < 4.78 is 67.0. The molecule has 6 nitrogen and oxygen atoms in total. The molecule has 1 heterocycles. The van der Waals surface area contributed by atoms with Gasteiger partial charge in [-0.3, -0.25) is 14.9 Å². The quantitative estimate of drug-likeness (QED) is 0.479. The Bertz CT molecular complexity index is 1110. The number of hydrogen-bond donors (Lipinski definition) is 3. The first kappa shape index (κ1) is 21.7. The SMILES string of the molecule is O=C1NC(=O)[C@](CNC(=O)c2ccc(F)c(F)c2-c2ccc(C(F)(F)F)cc2)(C2CC2)N1. The Morgan fingerprint density at radius 1 is 1.06 bits per heavy atom. The van der Waals surface area contributed by atoms with Crippen LogP contribution in [-0.4, -0.2) is 29.9 Å². The van der Waals surface area contributed by atoms with E-state index in [4.69, 9.17) is 0 Å². The first-order valence-electron chi connectivity index (χ1n) is 9.60. The van der Waals surface area contributed by atoms with Gasteiger partial charge in [-0.2, -0.15) is 13.2 Å². The zero-order valence-electron chi connectivity index (χ0n) is 16.3. The zero-order valence-corrected chi connectivity index (χ0v) is 16.3. The molecule has 0 bridgehead atoms. The van der Waals surface area contributed by atoms with Gasteiger partial charge < -0.3 is 10.6 Å². The van der Waals surface area contributed by atoms with Crippen LogP contribution in [0.4, 0.5) is 26.7 Å². The minimum absolute atomic E-state index is 0.135. The highest BCUT2D eigenvalue weighted by atomic mass is 19.4. The molecule has 2 aliphatic rings. The second kappa shape index (κ2) is 7.57. The zero-order chi connectivity index (χ0) is 23.3. The number of halogens is 5. The van der Waals surface area contributed by atoms with Gasteiger partial charge in [-0.15, -0.1) is 0 Å².